The molecule has 2 amide bonds. The van der Waals surface area contributed by atoms with Crippen LogP contribution < -0.4 is 0 Å². The van der Waals surface area contributed by atoms with Gasteiger partial charge in [-0.05, 0) is 80.3 Å². The first-order chi connectivity index (χ1) is 18.0. The van der Waals surface area contributed by atoms with Crippen LogP contribution in [0.15, 0.2) is 59.1 Å². The largest absolute Gasteiger partial charge is 0.342 e. The Labute approximate surface area is 241 Å². The minimum atomic E-state index is -0.174. The molecule has 0 aromatic heterocycles. The zero-order valence-corrected chi connectivity index (χ0v) is 24.5. The van der Waals surface area contributed by atoms with E-state index >= 15 is 0 Å². The number of halogens is 2. The van der Waals surface area contributed by atoms with Crippen LogP contribution in [-0.4, -0.2) is 65.8 Å². The summed E-state index contributed by atoms with van der Waals surface area (Å²) in [5.74, 6) is 2.19. The van der Waals surface area contributed by atoms with Crippen LogP contribution in [0, 0.1) is 17.3 Å². The van der Waals surface area contributed by atoms with Gasteiger partial charge in [-0.2, -0.15) is 0 Å². The van der Waals surface area contributed by atoms with E-state index in [2.05, 4.69) is 85.2 Å². The van der Waals surface area contributed by atoms with Crippen molar-refractivity contribution in [2.24, 2.45) is 17.3 Å². The van der Waals surface area contributed by atoms with E-state index in [0.29, 0.717) is 36.1 Å². The standard InChI is InChI=1S/C31H38BrN3O2.ClH/c32-27-10-8-24(9-11-27)19-34-17-14-31(30(34)37)12-15-33(16-13-31)20-26-21-35(29(36)18-23-6-7-23)22-28(26)25-4-2-1-3-5-25;/h1-5,8-11,23,26,28H,6-7,12-22H2;1H. The van der Waals surface area contributed by atoms with Gasteiger partial charge in [-0.25, -0.2) is 0 Å². The first kappa shape index (κ1) is 27.7. The maximum absolute atomic E-state index is 13.5. The number of benzene rings is 2. The second-order valence-electron chi connectivity index (χ2n) is 11.9. The lowest BCUT2D eigenvalue weighted by atomic mass is 9.76. The van der Waals surface area contributed by atoms with Crippen molar-refractivity contribution < 1.29 is 9.59 Å². The maximum Gasteiger partial charge on any atom is 0.229 e. The monoisotopic (exact) mass is 599 g/mol. The van der Waals surface area contributed by atoms with Crippen molar-refractivity contribution in [1.82, 2.24) is 14.7 Å². The Morgan fingerprint density at radius 2 is 1.61 bits per heavy atom. The second kappa shape index (κ2) is 11.7. The van der Waals surface area contributed by atoms with Gasteiger partial charge in [-0.3, -0.25) is 9.59 Å². The zero-order valence-electron chi connectivity index (χ0n) is 22.1. The molecule has 2 unspecified atom stereocenters. The minimum Gasteiger partial charge on any atom is -0.342 e. The van der Waals surface area contributed by atoms with Crippen LogP contribution >= 0.6 is 28.3 Å². The topological polar surface area (TPSA) is 43.9 Å². The second-order valence-corrected chi connectivity index (χ2v) is 12.8. The van der Waals surface area contributed by atoms with Crippen LogP contribution in [0.2, 0.25) is 0 Å². The number of hydrogen-bond donors (Lipinski definition) is 0. The highest BCUT2D eigenvalue weighted by Crippen LogP contribution is 2.43. The Bertz CT molecular complexity index is 1120. The lowest BCUT2D eigenvalue weighted by molar-refractivity contribution is -0.139. The molecule has 0 N–H and O–H groups in total. The number of hydrogen-bond acceptors (Lipinski definition) is 3. The third-order valence-electron chi connectivity index (χ3n) is 9.38. The van der Waals surface area contributed by atoms with Crippen molar-refractivity contribution in [2.45, 2.75) is 51.0 Å². The Hall–Kier alpha value is -1.89. The fourth-order valence-electron chi connectivity index (χ4n) is 6.85. The van der Waals surface area contributed by atoms with Gasteiger partial charge in [0.15, 0.2) is 0 Å². The molecular formula is C31H39BrClN3O2. The Balaban J connectivity index is 0.00000294. The van der Waals surface area contributed by atoms with Crippen molar-refractivity contribution >= 4 is 40.2 Å². The van der Waals surface area contributed by atoms with E-state index in [0.717, 1.165) is 69.4 Å². The predicted octanol–water partition coefficient (Wildman–Crippen LogP) is 5.73. The molecule has 1 aliphatic carbocycles. The number of nitrogens with zero attached hydrogens (tertiary/aromatic N) is 3. The van der Waals surface area contributed by atoms with Gasteiger partial charge in [0.2, 0.25) is 11.8 Å². The zero-order chi connectivity index (χ0) is 25.4. The van der Waals surface area contributed by atoms with Gasteiger partial charge in [-0.15, -0.1) is 12.4 Å². The molecule has 0 radical (unpaired) electrons. The van der Waals surface area contributed by atoms with Crippen LogP contribution in [0.1, 0.15) is 55.6 Å². The molecule has 6 rings (SSSR count). The molecule has 0 bridgehead atoms. The van der Waals surface area contributed by atoms with Gasteiger partial charge in [0, 0.05) is 49.5 Å². The van der Waals surface area contributed by atoms with Gasteiger partial charge >= 0.3 is 0 Å². The molecule has 2 aromatic rings. The summed E-state index contributed by atoms with van der Waals surface area (Å²) in [4.78, 5) is 33.3. The minimum absolute atomic E-state index is 0. The number of rotatable bonds is 7. The smallest absolute Gasteiger partial charge is 0.229 e. The Morgan fingerprint density at radius 3 is 2.29 bits per heavy atom. The summed E-state index contributed by atoms with van der Waals surface area (Å²) in [5.41, 5.74) is 2.38. The van der Waals surface area contributed by atoms with Crippen LogP contribution in [0.25, 0.3) is 0 Å². The van der Waals surface area contributed by atoms with E-state index in [9.17, 15) is 9.59 Å². The van der Waals surface area contributed by atoms with Crippen molar-refractivity contribution in [3.05, 3.63) is 70.2 Å². The summed E-state index contributed by atoms with van der Waals surface area (Å²) in [6, 6.07) is 19.1. The van der Waals surface area contributed by atoms with Gasteiger partial charge in [-0.1, -0.05) is 58.4 Å². The average molecular weight is 601 g/mol. The van der Waals surface area contributed by atoms with Gasteiger partial charge < -0.3 is 14.7 Å². The average Bonchev–Trinajstić information content (AvgIpc) is 3.56. The Morgan fingerprint density at radius 1 is 0.921 bits per heavy atom. The number of likely N-dealkylation sites (tertiary alicyclic amines) is 3. The van der Waals surface area contributed by atoms with E-state index in [1.54, 1.807) is 0 Å². The van der Waals surface area contributed by atoms with Crippen LogP contribution in [0.3, 0.4) is 0 Å². The Kier molecular flexibility index (Phi) is 8.51. The maximum atomic E-state index is 13.5. The van der Waals surface area contributed by atoms with Gasteiger partial charge in [0.1, 0.15) is 0 Å². The van der Waals surface area contributed by atoms with Crippen LogP contribution in [-0.2, 0) is 16.1 Å². The summed E-state index contributed by atoms with van der Waals surface area (Å²) in [5, 5.41) is 0. The molecule has 1 saturated carbocycles. The van der Waals surface area contributed by atoms with Crippen molar-refractivity contribution in [3.8, 4) is 0 Å². The molecule has 2 atom stereocenters. The quantitative estimate of drug-likeness (QED) is 0.408. The van der Waals surface area contributed by atoms with Gasteiger partial charge in [0.05, 0.1) is 5.41 Å². The molecule has 3 heterocycles. The summed E-state index contributed by atoms with van der Waals surface area (Å²) in [6.07, 6.45) is 6.07. The summed E-state index contributed by atoms with van der Waals surface area (Å²) >= 11 is 3.50. The SMILES string of the molecule is Cl.O=C(CC1CC1)N1CC(CN2CCC3(CC2)CCN(Cc2ccc(Br)cc2)C3=O)C(c2ccccc2)C1. The number of amides is 2. The highest BCUT2D eigenvalue weighted by Gasteiger charge is 2.48. The molecule has 3 saturated heterocycles. The van der Waals surface area contributed by atoms with E-state index < -0.39 is 0 Å². The van der Waals surface area contributed by atoms with Crippen molar-refractivity contribution in [2.75, 3.05) is 39.3 Å². The van der Waals surface area contributed by atoms with Crippen molar-refractivity contribution in [3.63, 3.8) is 0 Å². The summed E-state index contributed by atoms with van der Waals surface area (Å²) < 4.78 is 1.07. The predicted molar refractivity (Wildman–Crippen MR) is 156 cm³/mol. The molecule has 3 aliphatic heterocycles. The lowest BCUT2D eigenvalue weighted by Gasteiger charge is -2.39. The fourth-order valence-corrected chi connectivity index (χ4v) is 7.11. The molecule has 4 fully saturated rings. The van der Waals surface area contributed by atoms with E-state index in [1.807, 2.05) is 0 Å². The van der Waals surface area contributed by atoms with E-state index in [4.69, 9.17) is 0 Å². The normalized spacial score (nSPS) is 25.1. The van der Waals surface area contributed by atoms with Crippen LogP contribution in [0.5, 0.6) is 0 Å². The molecular weight excluding hydrogens is 562 g/mol. The molecule has 2 aromatic carbocycles. The molecule has 5 nitrogen and oxygen atoms in total. The first-order valence-corrected chi connectivity index (χ1v) is 14.9. The highest BCUT2D eigenvalue weighted by atomic mass is 79.9. The molecule has 1 spiro atoms. The number of carbonyl (C=O) groups excluding carboxylic acids is 2. The first-order valence-electron chi connectivity index (χ1n) is 14.1. The number of piperidine rings is 1. The third kappa shape index (κ3) is 5.97. The number of carbonyl (C=O) groups is 2. The lowest BCUT2D eigenvalue weighted by Crippen LogP contribution is -2.46. The summed E-state index contributed by atoms with van der Waals surface area (Å²) in [6.45, 7) is 6.26. The van der Waals surface area contributed by atoms with E-state index in [-0.39, 0.29) is 17.8 Å². The third-order valence-corrected chi connectivity index (χ3v) is 9.90. The van der Waals surface area contributed by atoms with Gasteiger partial charge in [0.25, 0.3) is 0 Å². The molecule has 4 aliphatic rings. The molecule has 204 valence electrons. The molecule has 38 heavy (non-hydrogen) atoms. The fraction of sp³-hybridized carbons (Fsp3) is 0.548. The van der Waals surface area contributed by atoms with Crippen LogP contribution in [0.4, 0.5) is 0 Å². The molecule has 7 heteroatoms. The summed E-state index contributed by atoms with van der Waals surface area (Å²) in [7, 11) is 0. The van der Waals surface area contributed by atoms with Crippen molar-refractivity contribution in [1.29, 1.82) is 0 Å². The van der Waals surface area contributed by atoms with E-state index in [1.165, 1.54) is 24.0 Å². The highest BCUT2D eigenvalue weighted by molar-refractivity contribution is 9.10.